The Morgan fingerprint density at radius 3 is 2.12 bits per heavy atom. The molecule has 1 unspecified atom stereocenters. The third-order valence-electron chi connectivity index (χ3n) is 4.09. The monoisotopic (exact) mass is 404 g/mol. The summed E-state index contributed by atoms with van der Waals surface area (Å²) in [6.07, 6.45) is 0. The summed E-state index contributed by atoms with van der Waals surface area (Å²) < 4.78 is 1.06. The van der Waals surface area contributed by atoms with Gasteiger partial charge < -0.3 is 5.32 Å². The molecule has 130 valence electrons. The molecule has 0 bridgehead atoms. The molecule has 0 fully saturated rings. The molecule has 0 spiro atoms. The van der Waals surface area contributed by atoms with Crippen LogP contribution in [-0.4, -0.2) is 5.84 Å². The van der Waals surface area contributed by atoms with Crippen molar-refractivity contribution in [1.29, 1.82) is 0 Å². The molecule has 0 amide bonds. The lowest BCUT2D eigenvalue weighted by Gasteiger charge is -2.16. The van der Waals surface area contributed by atoms with Crippen molar-refractivity contribution in [1.82, 2.24) is 5.32 Å². The summed E-state index contributed by atoms with van der Waals surface area (Å²) in [6, 6.07) is 28.5. The molecular formula is C23H21BrN2. The van der Waals surface area contributed by atoms with E-state index >= 15 is 0 Å². The highest BCUT2D eigenvalue weighted by atomic mass is 79.9. The minimum Gasteiger partial charge on any atom is -0.340 e. The van der Waals surface area contributed by atoms with Crippen molar-refractivity contribution in [2.24, 2.45) is 4.99 Å². The van der Waals surface area contributed by atoms with Crippen molar-refractivity contribution < 1.29 is 0 Å². The Kier molecular flexibility index (Phi) is 6.03. The quantitative estimate of drug-likeness (QED) is 0.396. The molecule has 3 aromatic rings. The van der Waals surface area contributed by atoms with Gasteiger partial charge in [-0.25, -0.2) is 0 Å². The number of halogens is 1. The first kappa shape index (κ1) is 18.2. The number of hydrogen-bond acceptors (Lipinski definition) is 1. The summed E-state index contributed by atoms with van der Waals surface area (Å²) >= 11 is 3.53. The zero-order valence-corrected chi connectivity index (χ0v) is 16.3. The predicted octanol–water partition coefficient (Wildman–Crippen LogP) is 6.22. The second-order valence-electron chi connectivity index (χ2n) is 6.04. The second-order valence-corrected chi connectivity index (χ2v) is 6.96. The smallest absolute Gasteiger partial charge is 0.133 e. The predicted molar refractivity (Wildman–Crippen MR) is 114 cm³/mol. The van der Waals surface area contributed by atoms with Gasteiger partial charge in [0.25, 0.3) is 0 Å². The van der Waals surface area contributed by atoms with Crippen LogP contribution in [0.25, 0.3) is 5.70 Å². The van der Waals surface area contributed by atoms with Gasteiger partial charge in [-0.05, 0) is 30.2 Å². The Hall–Kier alpha value is -2.65. The molecule has 1 atom stereocenters. The van der Waals surface area contributed by atoms with E-state index < -0.39 is 0 Å². The first-order valence-corrected chi connectivity index (χ1v) is 9.33. The number of benzene rings is 3. The van der Waals surface area contributed by atoms with E-state index in [0.29, 0.717) is 0 Å². The van der Waals surface area contributed by atoms with Crippen molar-refractivity contribution in [3.63, 3.8) is 0 Å². The summed E-state index contributed by atoms with van der Waals surface area (Å²) in [5, 5.41) is 3.41. The van der Waals surface area contributed by atoms with E-state index in [1.54, 1.807) is 0 Å². The van der Waals surface area contributed by atoms with Gasteiger partial charge in [-0.3, -0.25) is 4.99 Å². The molecule has 0 saturated carbocycles. The Labute approximate surface area is 163 Å². The van der Waals surface area contributed by atoms with Crippen LogP contribution in [0.1, 0.15) is 29.7 Å². The zero-order valence-electron chi connectivity index (χ0n) is 14.7. The van der Waals surface area contributed by atoms with Gasteiger partial charge in [-0.1, -0.05) is 95.3 Å². The Balaban J connectivity index is 1.92. The second kappa shape index (κ2) is 8.63. The first-order valence-electron chi connectivity index (χ1n) is 8.53. The lowest BCUT2D eigenvalue weighted by Crippen LogP contribution is -2.23. The van der Waals surface area contributed by atoms with Crippen molar-refractivity contribution in [2.75, 3.05) is 0 Å². The van der Waals surface area contributed by atoms with Crippen LogP contribution in [0.5, 0.6) is 0 Å². The van der Waals surface area contributed by atoms with Gasteiger partial charge in [0, 0.05) is 15.7 Å². The summed E-state index contributed by atoms with van der Waals surface area (Å²) in [4.78, 5) is 4.95. The number of aliphatic imine (C=N–C) groups is 1. The van der Waals surface area contributed by atoms with Crippen LogP contribution in [0.3, 0.4) is 0 Å². The number of nitrogens with zero attached hydrogens (tertiary/aromatic N) is 1. The molecule has 0 aliphatic rings. The third kappa shape index (κ3) is 4.70. The van der Waals surface area contributed by atoms with Crippen molar-refractivity contribution in [3.8, 4) is 0 Å². The van der Waals surface area contributed by atoms with E-state index in [9.17, 15) is 0 Å². The van der Waals surface area contributed by atoms with Crippen LogP contribution >= 0.6 is 15.9 Å². The van der Waals surface area contributed by atoms with E-state index in [0.717, 1.165) is 32.7 Å². The molecule has 0 aliphatic heterocycles. The van der Waals surface area contributed by atoms with Gasteiger partial charge >= 0.3 is 0 Å². The molecular weight excluding hydrogens is 384 g/mol. The van der Waals surface area contributed by atoms with E-state index in [-0.39, 0.29) is 6.04 Å². The SMILES string of the molecule is C=C(NC(=NC(C)c1cccc(Br)c1)c1ccccc1)c1ccccc1. The minimum absolute atomic E-state index is 0.0128. The highest BCUT2D eigenvalue weighted by Gasteiger charge is 2.10. The van der Waals surface area contributed by atoms with Gasteiger partial charge in [0.2, 0.25) is 0 Å². The number of rotatable bonds is 5. The van der Waals surface area contributed by atoms with E-state index in [1.807, 2.05) is 60.7 Å². The average Bonchev–Trinajstić information content (AvgIpc) is 2.68. The fourth-order valence-electron chi connectivity index (χ4n) is 2.66. The zero-order chi connectivity index (χ0) is 18.4. The third-order valence-corrected chi connectivity index (χ3v) is 4.59. The largest absolute Gasteiger partial charge is 0.340 e. The Morgan fingerprint density at radius 2 is 1.50 bits per heavy atom. The molecule has 0 radical (unpaired) electrons. The maximum atomic E-state index is 4.95. The van der Waals surface area contributed by atoms with E-state index in [4.69, 9.17) is 4.99 Å². The molecule has 3 rings (SSSR count). The molecule has 1 N–H and O–H groups in total. The van der Waals surface area contributed by atoms with Crippen LogP contribution in [0.15, 0.2) is 101 Å². The molecule has 0 heterocycles. The summed E-state index contributed by atoms with van der Waals surface area (Å²) in [7, 11) is 0. The summed E-state index contributed by atoms with van der Waals surface area (Å²) in [6.45, 7) is 6.28. The van der Waals surface area contributed by atoms with Crippen LogP contribution in [0.4, 0.5) is 0 Å². The van der Waals surface area contributed by atoms with Crippen LogP contribution in [-0.2, 0) is 0 Å². The van der Waals surface area contributed by atoms with Crippen LogP contribution in [0.2, 0.25) is 0 Å². The maximum absolute atomic E-state index is 4.95. The molecule has 2 nitrogen and oxygen atoms in total. The van der Waals surface area contributed by atoms with Crippen LogP contribution < -0.4 is 5.32 Å². The van der Waals surface area contributed by atoms with Crippen molar-refractivity contribution in [3.05, 3.63) is 113 Å². The minimum atomic E-state index is 0.0128. The number of amidine groups is 1. The van der Waals surface area contributed by atoms with Gasteiger partial charge in [-0.2, -0.15) is 0 Å². The van der Waals surface area contributed by atoms with Crippen LogP contribution in [0, 0.1) is 0 Å². The number of hydrogen-bond donors (Lipinski definition) is 1. The maximum Gasteiger partial charge on any atom is 0.133 e. The Morgan fingerprint density at radius 1 is 0.885 bits per heavy atom. The fourth-order valence-corrected chi connectivity index (χ4v) is 3.08. The van der Waals surface area contributed by atoms with Gasteiger partial charge in [-0.15, -0.1) is 0 Å². The molecule has 0 saturated heterocycles. The van der Waals surface area contributed by atoms with Crippen molar-refractivity contribution in [2.45, 2.75) is 13.0 Å². The first-order chi connectivity index (χ1) is 12.6. The van der Waals surface area contributed by atoms with Crippen molar-refractivity contribution >= 4 is 27.5 Å². The van der Waals surface area contributed by atoms with E-state index in [1.165, 1.54) is 0 Å². The van der Waals surface area contributed by atoms with E-state index in [2.05, 4.69) is 59.0 Å². The fraction of sp³-hybridized carbons (Fsp3) is 0.0870. The highest BCUT2D eigenvalue weighted by Crippen LogP contribution is 2.22. The highest BCUT2D eigenvalue weighted by molar-refractivity contribution is 9.10. The number of nitrogens with one attached hydrogen (secondary N) is 1. The summed E-state index contributed by atoms with van der Waals surface area (Å²) in [5.74, 6) is 0.812. The van der Waals surface area contributed by atoms with Gasteiger partial charge in [0.1, 0.15) is 5.84 Å². The standard InChI is InChI=1S/C23H21BrN2/c1-17(19-10-5-3-6-11-19)25-23(20-12-7-4-8-13-20)26-18(2)21-14-9-15-22(24)16-21/h3-16,18H,1H2,2H3,(H,25,26). The normalized spacial score (nSPS) is 12.5. The molecule has 3 aromatic carbocycles. The molecule has 0 aromatic heterocycles. The van der Waals surface area contributed by atoms with Gasteiger partial charge in [0.05, 0.1) is 6.04 Å². The average molecular weight is 405 g/mol. The van der Waals surface area contributed by atoms with Gasteiger partial charge in [0.15, 0.2) is 0 Å². The Bertz CT molecular complexity index is 902. The molecule has 26 heavy (non-hydrogen) atoms. The molecule has 0 aliphatic carbocycles. The molecule has 3 heteroatoms. The lowest BCUT2D eigenvalue weighted by atomic mass is 10.1. The lowest BCUT2D eigenvalue weighted by molar-refractivity contribution is 0.813. The summed E-state index contributed by atoms with van der Waals surface area (Å²) in [5.41, 5.74) is 4.06. The topological polar surface area (TPSA) is 24.4 Å².